The van der Waals surface area contributed by atoms with Crippen LogP contribution in [-0.4, -0.2) is 97.5 Å². The molecule has 10 heteroatoms. The second-order valence-electron chi connectivity index (χ2n) is 15.8. The van der Waals surface area contributed by atoms with Crippen LogP contribution in [0.5, 0.6) is 0 Å². The molecular formula is C45H50O10. The second-order valence-corrected chi connectivity index (χ2v) is 15.8. The molecule has 5 aliphatic rings. The molecule has 5 aliphatic heterocycles. The Kier molecular flexibility index (Phi) is 9.64. The number of aryl methyl sites for hydroxylation is 5. The zero-order chi connectivity index (χ0) is 36.3. The fraction of sp³-hybridized carbons (Fsp3) is 0.556. The highest BCUT2D eigenvalue weighted by Crippen LogP contribution is 2.53. The Morgan fingerprint density at radius 1 is 0.273 bits per heavy atom. The minimum absolute atomic E-state index is 0.166. The van der Waals surface area contributed by atoms with Gasteiger partial charge in [-0.3, -0.25) is 0 Å². The van der Waals surface area contributed by atoms with Crippen LogP contribution < -0.4 is 0 Å². The van der Waals surface area contributed by atoms with E-state index in [1.54, 1.807) is 0 Å². The summed E-state index contributed by atoms with van der Waals surface area (Å²) in [5, 5.41) is 13.7. The Morgan fingerprint density at radius 2 is 0.436 bits per heavy atom. The van der Waals surface area contributed by atoms with Crippen LogP contribution >= 0.6 is 0 Å². The van der Waals surface area contributed by atoms with E-state index in [-0.39, 0.29) is 31.5 Å². The molecule has 5 saturated heterocycles. The lowest BCUT2D eigenvalue weighted by atomic mass is 9.87. The highest BCUT2D eigenvalue weighted by molar-refractivity contribution is 6.45. The van der Waals surface area contributed by atoms with E-state index in [9.17, 15) is 0 Å². The monoisotopic (exact) mass is 750 g/mol. The van der Waals surface area contributed by atoms with Gasteiger partial charge in [0.1, 0.15) is 0 Å². The van der Waals surface area contributed by atoms with Crippen molar-refractivity contribution < 1.29 is 47.4 Å². The van der Waals surface area contributed by atoms with Gasteiger partial charge >= 0.3 is 0 Å². The molecule has 11 rings (SSSR count). The van der Waals surface area contributed by atoms with E-state index in [1.807, 2.05) is 0 Å². The van der Waals surface area contributed by atoms with Crippen molar-refractivity contribution in [3.63, 3.8) is 0 Å². The molecule has 0 aromatic heterocycles. The van der Waals surface area contributed by atoms with E-state index in [0.717, 1.165) is 64.2 Å². The first-order chi connectivity index (χ1) is 27.2. The molecule has 55 heavy (non-hydrogen) atoms. The molecule has 5 heterocycles. The molecule has 6 aromatic carbocycles. The van der Waals surface area contributed by atoms with E-state index in [2.05, 4.69) is 30.3 Å². The first-order valence-corrected chi connectivity index (χ1v) is 20.7. The maximum Gasteiger partial charge on any atom is 0.158 e. The van der Waals surface area contributed by atoms with E-state index >= 15 is 0 Å². The highest BCUT2D eigenvalue weighted by Gasteiger charge is 2.30. The molecular weight excluding hydrogens is 700 g/mol. The lowest BCUT2D eigenvalue weighted by Gasteiger charge is -2.18. The van der Waals surface area contributed by atoms with Gasteiger partial charge in [0.05, 0.1) is 66.1 Å². The summed E-state index contributed by atoms with van der Waals surface area (Å²) in [6, 6.07) is 12.5. The smallest absolute Gasteiger partial charge is 0.158 e. The molecule has 0 saturated carbocycles. The van der Waals surface area contributed by atoms with Crippen molar-refractivity contribution in [1.82, 2.24) is 0 Å². The number of rotatable bonds is 15. The first kappa shape index (κ1) is 35.2. The molecule has 0 aliphatic carbocycles. The van der Waals surface area contributed by atoms with Gasteiger partial charge in [0.15, 0.2) is 31.5 Å². The largest absolute Gasteiger partial charge is 0.350 e. The molecule has 0 radical (unpaired) electrons. The molecule has 6 aromatic rings. The topological polar surface area (TPSA) is 92.3 Å². The van der Waals surface area contributed by atoms with Gasteiger partial charge in [0.25, 0.3) is 0 Å². The summed E-state index contributed by atoms with van der Waals surface area (Å²) in [6.07, 6.45) is 7.62. The molecule has 5 fully saturated rings. The summed E-state index contributed by atoms with van der Waals surface area (Å²) in [6.45, 7) is 6.59. The summed E-state index contributed by atoms with van der Waals surface area (Å²) in [7, 11) is 0. The third-order valence-electron chi connectivity index (χ3n) is 12.6. The Morgan fingerprint density at radius 3 is 0.600 bits per heavy atom. The van der Waals surface area contributed by atoms with Crippen molar-refractivity contribution in [3.05, 3.63) is 58.1 Å². The zero-order valence-electron chi connectivity index (χ0n) is 31.5. The van der Waals surface area contributed by atoms with Crippen LogP contribution in [0.4, 0.5) is 0 Å². The third kappa shape index (κ3) is 6.52. The quantitative estimate of drug-likeness (QED) is 0.0997. The van der Waals surface area contributed by atoms with Gasteiger partial charge in [-0.25, -0.2) is 0 Å². The molecule has 0 N–H and O–H groups in total. The third-order valence-corrected chi connectivity index (χ3v) is 12.6. The SMILES string of the molecule is c1c(CCC2OCCO2)c2cc(CCC3OCCO3)c3cc(CCC4OCCO4)c4cc(CCC5OCCO5)c5cc(CCC6OCCO6)c1c1c5c4c3c21. The van der Waals surface area contributed by atoms with Gasteiger partial charge in [0, 0.05) is 32.1 Å². The van der Waals surface area contributed by atoms with Crippen LogP contribution in [0.1, 0.15) is 59.9 Å². The number of benzene rings is 5. The average Bonchev–Trinajstić information content (AvgIpc) is 4.07. The van der Waals surface area contributed by atoms with Crippen LogP contribution in [0, 0.1) is 0 Å². The van der Waals surface area contributed by atoms with E-state index in [1.165, 1.54) is 81.7 Å². The summed E-state index contributed by atoms with van der Waals surface area (Å²) in [5.74, 6) is 0. The fourth-order valence-corrected chi connectivity index (χ4v) is 10.1. The maximum absolute atomic E-state index is 5.96. The van der Waals surface area contributed by atoms with Crippen molar-refractivity contribution in [3.8, 4) is 0 Å². The second kappa shape index (κ2) is 15.1. The molecule has 0 spiro atoms. The van der Waals surface area contributed by atoms with E-state index < -0.39 is 0 Å². The van der Waals surface area contributed by atoms with Crippen molar-refractivity contribution in [2.24, 2.45) is 0 Å². The first-order valence-electron chi connectivity index (χ1n) is 20.7. The lowest BCUT2D eigenvalue weighted by Crippen LogP contribution is -2.10. The molecule has 0 bridgehead atoms. The van der Waals surface area contributed by atoms with Crippen LogP contribution in [0.2, 0.25) is 0 Å². The highest BCUT2D eigenvalue weighted by atomic mass is 16.7. The Hall–Kier alpha value is -3.00. The number of hydrogen-bond acceptors (Lipinski definition) is 10. The number of ether oxygens (including phenoxy) is 10. The predicted octanol–water partition coefficient (Wildman–Crippen LogP) is 7.29. The van der Waals surface area contributed by atoms with Crippen LogP contribution in [-0.2, 0) is 79.5 Å². The normalized spacial score (nSPS) is 21.5. The lowest BCUT2D eigenvalue weighted by molar-refractivity contribution is -0.0464. The van der Waals surface area contributed by atoms with Crippen molar-refractivity contribution in [2.45, 2.75) is 95.7 Å². The van der Waals surface area contributed by atoms with Crippen molar-refractivity contribution in [1.29, 1.82) is 0 Å². The molecule has 290 valence electrons. The summed E-state index contributed by atoms with van der Waals surface area (Å²) in [5.41, 5.74) is 6.75. The van der Waals surface area contributed by atoms with Crippen LogP contribution in [0.15, 0.2) is 30.3 Å². The Bertz CT molecular complexity index is 1850. The van der Waals surface area contributed by atoms with Crippen molar-refractivity contribution >= 4 is 53.9 Å². The van der Waals surface area contributed by atoms with Crippen molar-refractivity contribution in [2.75, 3.05) is 66.1 Å². The standard InChI is InChI=1S/C45H50O10/c1(6-36-46-11-12-47-36)26-21-32-28(3-8-38-50-15-16-51-38)23-34-30(5-10-40-54-19-20-55-40)25-35-29(4-9-39-52-17-18-53-39)24-33-27(2-7-37-48-13-14-49-37)22-31(26)41-42(32)44(34)45(35)43(33)41/h21-25,36-40H,1-20H2. The van der Waals surface area contributed by atoms with Gasteiger partial charge < -0.3 is 47.4 Å². The van der Waals surface area contributed by atoms with Gasteiger partial charge in [0.2, 0.25) is 0 Å². The molecule has 0 unspecified atom stereocenters. The molecule has 0 atom stereocenters. The minimum Gasteiger partial charge on any atom is -0.350 e. The summed E-state index contributed by atoms with van der Waals surface area (Å²) >= 11 is 0. The van der Waals surface area contributed by atoms with Crippen LogP contribution in [0.3, 0.4) is 0 Å². The van der Waals surface area contributed by atoms with E-state index in [4.69, 9.17) is 47.4 Å². The number of hydrogen-bond donors (Lipinski definition) is 0. The summed E-state index contributed by atoms with van der Waals surface area (Å²) in [4.78, 5) is 0. The Balaban J connectivity index is 1.14. The van der Waals surface area contributed by atoms with Gasteiger partial charge in [-0.1, -0.05) is 30.3 Å². The van der Waals surface area contributed by atoms with Gasteiger partial charge in [-0.05, 0) is 114 Å². The maximum atomic E-state index is 5.96. The van der Waals surface area contributed by atoms with E-state index in [0.29, 0.717) is 66.1 Å². The fourth-order valence-electron chi connectivity index (χ4n) is 10.1. The Labute approximate surface area is 320 Å². The molecule has 0 amide bonds. The minimum atomic E-state index is -0.166. The van der Waals surface area contributed by atoms with Crippen LogP contribution in [0.25, 0.3) is 53.9 Å². The van der Waals surface area contributed by atoms with Gasteiger partial charge in [-0.15, -0.1) is 0 Å². The molecule has 10 nitrogen and oxygen atoms in total. The summed E-state index contributed by atoms with van der Waals surface area (Å²) < 4.78 is 59.6. The van der Waals surface area contributed by atoms with Gasteiger partial charge in [-0.2, -0.15) is 0 Å². The predicted molar refractivity (Wildman–Crippen MR) is 208 cm³/mol. The average molecular weight is 751 g/mol. The zero-order valence-corrected chi connectivity index (χ0v) is 31.5.